The van der Waals surface area contributed by atoms with E-state index in [1.165, 1.54) is 6.07 Å². The number of hydrogen-bond acceptors (Lipinski definition) is 5. The van der Waals surface area contributed by atoms with Gasteiger partial charge >= 0.3 is 6.09 Å². The lowest BCUT2D eigenvalue weighted by Gasteiger charge is -2.13. The summed E-state index contributed by atoms with van der Waals surface area (Å²) < 4.78 is 29.8. The van der Waals surface area contributed by atoms with Gasteiger partial charge in [0, 0.05) is 17.8 Å². The summed E-state index contributed by atoms with van der Waals surface area (Å²) in [5, 5.41) is -0.209. The second-order valence-electron chi connectivity index (χ2n) is 7.00. The van der Waals surface area contributed by atoms with E-state index in [4.69, 9.17) is 16.3 Å². The number of nitrogens with one attached hydrogen (secondary N) is 1. The molecule has 1 saturated carbocycles. The summed E-state index contributed by atoms with van der Waals surface area (Å²) in [4.78, 5) is 28.2. The van der Waals surface area contributed by atoms with E-state index in [1.807, 2.05) is 0 Å². The molecule has 29 heavy (non-hydrogen) atoms. The van der Waals surface area contributed by atoms with Crippen LogP contribution < -0.4 is 5.56 Å². The first-order valence-electron chi connectivity index (χ1n) is 9.21. The number of aromatic amines is 1. The van der Waals surface area contributed by atoms with Gasteiger partial charge in [-0.1, -0.05) is 29.8 Å². The first-order valence-corrected chi connectivity index (χ1v) is 11.1. The van der Waals surface area contributed by atoms with E-state index in [9.17, 15) is 18.0 Å². The summed E-state index contributed by atoms with van der Waals surface area (Å²) >= 11 is 5.84. The number of benzene rings is 1. The van der Waals surface area contributed by atoms with Gasteiger partial charge in [-0.15, -0.1) is 0 Å². The van der Waals surface area contributed by atoms with Crippen molar-refractivity contribution in [2.24, 2.45) is 0 Å². The highest BCUT2D eigenvalue weighted by atomic mass is 35.5. The van der Waals surface area contributed by atoms with Crippen molar-refractivity contribution in [2.75, 3.05) is 19.7 Å². The number of hydrogen-bond donors (Lipinski definition) is 1. The average molecular weight is 435 g/mol. The Morgan fingerprint density at radius 2 is 1.90 bits per heavy atom. The molecule has 2 aliphatic rings. The van der Waals surface area contributed by atoms with Crippen LogP contribution in [0.25, 0.3) is 5.57 Å². The fourth-order valence-corrected chi connectivity index (χ4v) is 4.95. The van der Waals surface area contributed by atoms with Gasteiger partial charge in [-0.2, -0.15) is 0 Å². The number of halogens is 1. The van der Waals surface area contributed by atoms with Crippen molar-refractivity contribution in [1.82, 2.24) is 9.88 Å². The number of sulfone groups is 1. The maximum absolute atomic E-state index is 12.4. The molecule has 1 aromatic heterocycles. The maximum Gasteiger partial charge on any atom is 0.410 e. The summed E-state index contributed by atoms with van der Waals surface area (Å²) in [7, 11) is -3.28. The summed E-state index contributed by atoms with van der Waals surface area (Å²) in [5.41, 5.74) is 1.47. The lowest BCUT2D eigenvalue weighted by Crippen LogP contribution is -2.24. The van der Waals surface area contributed by atoms with Gasteiger partial charge in [-0.05, 0) is 42.7 Å². The maximum atomic E-state index is 12.4. The molecule has 0 unspecified atom stereocenters. The Kier molecular flexibility index (Phi) is 5.23. The summed E-state index contributed by atoms with van der Waals surface area (Å²) in [6.45, 7) is 1.12. The molecule has 1 aliphatic heterocycles. The predicted octanol–water partition coefficient (Wildman–Crippen LogP) is 2.85. The van der Waals surface area contributed by atoms with Gasteiger partial charge < -0.3 is 14.6 Å². The Labute approximate surface area is 172 Å². The minimum absolute atomic E-state index is 0.0714. The van der Waals surface area contributed by atoms with Crippen LogP contribution in [0.1, 0.15) is 24.1 Å². The quantitative estimate of drug-likeness (QED) is 0.754. The van der Waals surface area contributed by atoms with Gasteiger partial charge in [0.2, 0.25) is 0 Å². The molecular formula is C20H19ClN2O5S. The minimum atomic E-state index is -3.28. The van der Waals surface area contributed by atoms with Gasteiger partial charge in [0.25, 0.3) is 5.56 Å². The molecule has 7 nitrogen and oxygen atoms in total. The number of H-pyrrole nitrogens is 1. The zero-order valence-electron chi connectivity index (χ0n) is 15.4. The van der Waals surface area contributed by atoms with Gasteiger partial charge in [0.1, 0.15) is 11.6 Å². The zero-order chi connectivity index (χ0) is 20.6. The van der Waals surface area contributed by atoms with Gasteiger partial charge in [-0.25, -0.2) is 13.2 Å². The Morgan fingerprint density at radius 1 is 1.17 bits per heavy atom. The van der Waals surface area contributed by atoms with E-state index in [1.54, 1.807) is 41.3 Å². The van der Waals surface area contributed by atoms with Crippen LogP contribution in [0.4, 0.5) is 4.79 Å². The SMILES string of the molecule is O=C1OCCN1C/C=C(/c1ccc(S(=O)(=O)C2CC2)cc1)c1ccc(Cl)c(=O)[nH]1. The van der Waals surface area contributed by atoms with E-state index < -0.39 is 21.5 Å². The van der Waals surface area contributed by atoms with Crippen LogP contribution in [0.5, 0.6) is 0 Å². The van der Waals surface area contributed by atoms with Crippen molar-refractivity contribution >= 4 is 33.1 Å². The third-order valence-electron chi connectivity index (χ3n) is 4.97. The van der Waals surface area contributed by atoms with Crippen LogP contribution in [0.3, 0.4) is 0 Å². The summed E-state index contributed by atoms with van der Waals surface area (Å²) in [5.74, 6) is 0. The summed E-state index contributed by atoms with van der Waals surface area (Å²) in [6, 6.07) is 9.74. The lowest BCUT2D eigenvalue weighted by atomic mass is 10.0. The number of cyclic esters (lactones) is 1. The van der Waals surface area contributed by atoms with Gasteiger partial charge in [0.05, 0.1) is 16.7 Å². The number of rotatable bonds is 6. The number of ether oxygens (including phenoxy) is 1. The van der Waals surface area contributed by atoms with Crippen molar-refractivity contribution in [2.45, 2.75) is 23.0 Å². The van der Waals surface area contributed by atoms with Crippen LogP contribution >= 0.6 is 11.6 Å². The third-order valence-corrected chi connectivity index (χ3v) is 7.55. The number of carbonyl (C=O) groups is 1. The monoisotopic (exact) mass is 434 g/mol. The third kappa shape index (κ3) is 4.09. The molecule has 2 aromatic rings. The van der Waals surface area contributed by atoms with Crippen LogP contribution in [-0.4, -0.2) is 49.3 Å². The fraction of sp³-hybridized carbons (Fsp3) is 0.300. The molecule has 1 aliphatic carbocycles. The van der Waals surface area contributed by atoms with Crippen molar-refractivity contribution in [1.29, 1.82) is 0 Å². The summed E-state index contributed by atoms with van der Waals surface area (Å²) in [6.07, 6.45) is 2.81. The smallest absolute Gasteiger partial charge is 0.410 e. The van der Waals surface area contributed by atoms with Gasteiger partial charge in [-0.3, -0.25) is 4.79 Å². The largest absolute Gasteiger partial charge is 0.448 e. The number of amides is 1. The van der Waals surface area contributed by atoms with Crippen molar-refractivity contribution in [3.8, 4) is 0 Å². The molecule has 1 saturated heterocycles. The fourth-order valence-electron chi connectivity index (χ4n) is 3.18. The predicted molar refractivity (Wildman–Crippen MR) is 109 cm³/mol. The molecule has 0 radical (unpaired) electrons. The highest BCUT2D eigenvalue weighted by Gasteiger charge is 2.36. The molecule has 2 fully saturated rings. The lowest BCUT2D eigenvalue weighted by molar-refractivity contribution is 0.161. The topological polar surface area (TPSA) is 96.5 Å². The minimum Gasteiger partial charge on any atom is -0.448 e. The molecule has 1 N–H and O–H groups in total. The van der Waals surface area contributed by atoms with Crippen molar-refractivity contribution < 1.29 is 17.9 Å². The van der Waals surface area contributed by atoms with E-state index >= 15 is 0 Å². The molecule has 1 aromatic carbocycles. The molecule has 4 rings (SSSR count). The molecule has 2 heterocycles. The standard InChI is InChI=1S/C20H19ClN2O5S/c21-17-7-8-18(22-19(17)24)16(9-10-23-11-12-28-20(23)25)13-1-3-14(4-2-13)29(26,27)15-5-6-15/h1-4,7-9,15H,5-6,10-12H2,(H,22,24)/b16-9-. The first kappa shape index (κ1) is 19.7. The molecule has 0 spiro atoms. The number of nitrogens with zero attached hydrogens (tertiary/aromatic N) is 1. The highest BCUT2D eigenvalue weighted by molar-refractivity contribution is 7.92. The van der Waals surface area contributed by atoms with Crippen LogP contribution in [0, 0.1) is 0 Å². The van der Waals surface area contributed by atoms with Crippen LogP contribution in [-0.2, 0) is 14.6 Å². The van der Waals surface area contributed by atoms with E-state index in [2.05, 4.69) is 4.98 Å². The molecule has 1 amide bonds. The normalized spacial score (nSPS) is 17.5. The highest BCUT2D eigenvalue weighted by Crippen LogP contribution is 2.34. The zero-order valence-corrected chi connectivity index (χ0v) is 17.0. The molecule has 9 heteroatoms. The number of carbonyl (C=O) groups excluding carboxylic acids is 1. The molecule has 152 valence electrons. The molecule has 0 atom stereocenters. The Balaban J connectivity index is 1.70. The first-order chi connectivity index (χ1) is 13.9. The van der Waals surface area contributed by atoms with E-state index in [0.717, 1.165) is 0 Å². The van der Waals surface area contributed by atoms with E-state index in [-0.39, 0.29) is 15.2 Å². The second-order valence-corrected chi connectivity index (χ2v) is 9.63. The molecule has 0 bridgehead atoms. The number of aromatic nitrogens is 1. The van der Waals surface area contributed by atoms with Crippen molar-refractivity contribution in [3.63, 3.8) is 0 Å². The average Bonchev–Trinajstić information content (AvgIpc) is 3.49. The Hall–Kier alpha value is -2.58. The number of pyridine rings is 1. The van der Waals surface area contributed by atoms with Crippen molar-refractivity contribution in [3.05, 3.63) is 69.1 Å². The second kappa shape index (κ2) is 7.68. The Morgan fingerprint density at radius 3 is 2.48 bits per heavy atom. The molecular weight excluding hydrogens is 416 g/mol. The Bertz CT molecular complexity index is 1130. The van der Waals surface area contributed by atoms with Gasteiger partial charge in [0.15, 0.2) is 9.84 Å². The van der Waals surface area contributed by atoms with Crippen LogP contribution in [0.15, 0.2) is 52.2 Å². The van der Waals surface area contributed by atoms with Crippen LogP contribution in [0.2, 0.25) is 5.02 Å². The van der Waals surface area contributed by atoms with E-state index in [0.29, 0.717) is 49.4 Å².